The maximum atomic E-state index is 10.4. The quantitative estimate of drug-likeness (QED) is 0.469. The minimum Gasteiger partial charge on any atom is -0.731 e. The van der Waals surface area contributed by atoms with Crippen molar-refractivity contribution in [2.45, 2.75) is 0 Å². The molecule has 0 saturated heterocycles. The van der Waals surface area contributed by atoms with Gasteiger partial charge in [0.15, 0.2) is 10.3 Å². The molecule has 0 spiro atoms. The average Bonchev–Trinajstić information content (AvgIpc) is 2.16. The standard InChI is InChI=1S/C8H8N2O4S.Na/c1-14-8-4-6(5-9)2-3-7(8)10-15(11,12)13;/h2-4,10H,1H3,(H,11,12,13);/q;+1/p-1. The number of nitriles is 1. The Morgan fingerprint density at radius 2 is 2.12 bits per heavy atom. The Labute approximate surface area is 115 Å². The first-order valence-electron chi connectivity index (χ1n) is 3.78. The molecule has 0 aromatic heterocycles. The van der Waals surface area contributed by atoms with Crippen LogP contribution in [0, 0.1) is 11.3 Å². The van der Waals surface area contributed by atoms with Crippen LogP contribution >= 0.6 is 0 Å². The first-order chi connectivity index (χ1) is 6.96. The van der Waals surface area contributed by atoms with Crippen molar-refractivity contribution in [1.82, 2.24) is 0 Å². The largest absolute Gasteiger partial charge is 1.00 e. The van der Waals surface area contributed by atoms with E-state index in [1.54, 1.807) is 4.72 Å². The van der Waals surface area contributed by atoms with Gasteiger partial charge < -0.3 is 9.29 Å². The van der Waals surface area contributed by atoms with Crippen molar-refractivity contribution in [3.63, 3.8) is 0 Å². The number of ether oxygens (including phenoxy) is 1. The summed E-state index contributed by atoms with van der Waals surface area (Å²) in [6, 6.07) is 5.84. The molecular formula is C8H7N2NaO4S. The molecule has 1 N–H and O–H groups in total. The summed E-state index contributed by atoms with van der Waals surface area (Å²) in [7, 11) is -3.29. The van der Waals surface area contributed by atoms with E-state index in [-0.39, 0.29) is 41.0 Å². The Balaban J connectivity index is 0.00000225. The molecule has 0 amide bonds. The number of hydrogen-bond acceptors (Lipinski definition) is 5. The summed E-state index contributed by atoms with van der Waals surface area (Å²) in [4.78, 5) is 0. The van der Waals surface area contributed by atoms with E-state index in [0.717, 1.165) is 0 Å². The zero-order valence-corrected chi connectivity index (χ0v) is 11.5. The number of benzene rings is 1. The summed E-state index contributed by atoms with van der Waals surface area (Å²) < 4.78 is 37.9. The molecule has 0 atom stereocenters. The second-order valence-electron chi connectivity index (χ2n) is 2.58. The van der Waals surface area contributed by atoms with Crippen molar-refractivity contribution in [2.75, 3.05) is 11.8 Å². The minimum absolute atomic E-state index is 0. The molecule has 80 valence electrons. The number of anilines is 1. The monoisotopic (exact) mass is 250 g/mol. The van der Waals surface area contributed by atoms with Gasteiger partial charge in [-0.3, -0.25) is 4.72 Å². The van der Waals surface area contributed by atoms with E-state index in [1.807, 2.05) is 6.07 Å². The summed E-state index contributed by atoms with van der Waals surface area (Å²) in [6.07, 6.45) is 0. The maximum absolute atomic E-state index is 10.4. The first-order valence-corrected chi connectivity index (χ1v) is 5.19. The van der Waals surface area contributed by atoms with E-state index in [1.165, 1.54) is 25.3 Å². The van der Waals surface area contributed by atoms with Gasteiger partial charge in [-0.1, -0.05) is 0 Å². The van der Waals surface area contributed by atoms with Crippen LogP contribution in [0.25, 0.3) is 0 Å². The fraction of sp³-hybridized carbons (Fsp3) is 0.125. The molecule has 0 radical (unpaired) electrons. The molecular weight excluding hydrogens is 243 g/mol. The zero-order chi connectivity index (χ0) is 11.5. The fourth-order valence-electron chi connectivity index (χ4n) is 0.980. The Morgan fingerprint density at radius 1 is 1.50 bits per heavy atom. The maximum Gasteiger partial charge on any atom is 1.00 e. The molecule has 0 bridgehead atoms. The number of nitrogens with zero attached hydrogens (tertiary/aromatic N) is 1. The second-order valence-corrected chi connectivity index (χ2v) is 3.70. The molecule has 0 aliphatic heterocycles. The van der Waals surface area contributed by atoms with Crippen LogP contribution in [-0.2, 0) is 10.3 Å². The Kier molecular flexibility index (Phi) is 5.78. The first kappa shape index (κ1) is 15.2. The second kappa shape index (κ2) is 6.08. The third-order valence-electron chi connectivity index (χ3n) is 1.57. The molecule has 6 nitrogen and oxygen atoms in total. The summed E-state index contributed by atoms with van der Waals surface area (Å²) in [5.41, 5.74) is 0.312. The van der Waals surface area contributed by atoms with E-state index in [9.17, 15) is 13.0 Å². The molecule has 0 unspecified atom stereocenters. The van der Waals surface area contributed by atoms with Gasteiger partial charge in [0.25, 0.3) is 0 Å². The summed E-state index contributed by atoms with van der Waals surface area (Å²) in [5.74, 6) is 0.119. The smallest absolute Gasteiger partial charge is 0.731 e. The van der Waals surface area contributed by atoms with Crippen molar-refractivity contribution in [3.8, 4) is 11.8 Å². The molecule has 1 rings (SSSR count). The van der Waals surface area contributed by atoms with Crippen LogP contribution in [0.5, 0.6) is 5.75 Å². The Hall–Kier alpha value is -0.780. The third-order valence-corrected chi connectivity index (χ3v) is 2.04. The molecule has 0 aliphatic rings. The summed E-state index contributed by atoms with van der Waals surface area (Å²) >= 11 is 0. The number of methoxy groups -OCH3 is 1. The van der Waals surface area contributed by atoms with Gasteiger partial charge in [-0.05, 0) is 12.1 Å². The molecule has 16 heavy (non-hydrogen) atoms. The van der Waals surface area contributed by atoms with Crippen molar-refractivity contribution >= 4 is 16.0 Å². The van der Waals surface area contributed by atoms with E-state index in [4.69, 9.17) is 10.00 Å². The van der Waals surface area contributed by atoms with Crippen LogP contribution in [0.3, 0.4) is 0 Å². The Morgan fingerprint density at radius 3 is 2.56 bits per heavy atom. The molecule has 0 fully saturated rings. The molecule has 1 aromatic carbocycles. The van der Waals surface area contributed by atoms with Gasteiger partial charge in [-0.2, -0.15) is 5.26 Å². The van der Waals surface area contributed by atoms with Crippen molar-refractivity contribution in [2.24, 2.45) is 0 Å². The molecule has 0 aliphatic carbocycles. The van der Waals surface area contributed by atoms with Crippen LogP contribution in [0.2, 0.25) is 0 Å². The molecule has 1 aromatic rings. The SMILES string of the molecule is COc1cc(C#N)ccc1NS(=O)(=O)[O-].[Na+]. The predicted octanol–water partition coefficient (Wildman–Crippen LogP) is -2.56. The predicted molar refractivity (Wildman–Crippen MR) is 51.0 cm³/mol. The zero-order valence-electron chi connectivity index (χ0n) is 8.72. The normalized spacial score (nSPS) is 9.81. The van der Waals surface area contributed by atoms with Gasteiger partial charge in [0.2, 0.25) is 0 Å². The molecule has 0 saturated carbocycles. The van der Waals surface area contributed by atoms with Gasteiger partial charge in [0.05, 0.1) is 24.4 Å². The molecule has 8 heteroatoms. The summed E-state index contributed by atoms with van der Waals surface area (Å²) in [6.45, 7) is 0. The van der Waals surface area contributed by atoms with Gasteiger partial charge in [0, 0.05) is 6.07 Å². The number of hydrogen-bond donors (Lipinski definition) is 1. The molecule has 0 heterocycles. The van der Waals surface area contributed by atoms with Crippen LogP contribution in [-0.4, -0.2) is 20.1 Å². The van der Waals surface area contributed by atoms with Crippen LogP contribution in [0.1, 0.15) is 5.56 Å². The number of rotatable bonds is 3. The van der Waals surface area contributed by atoms with Crippen LogP contribution < -0.4 is 39.0 Å². The van der Waals surface area contributed by atoms with E-state index in [0.29, 0.717) is 5.56 Å². The topological polar surface area (TPSA) is 102 Å². The van der Waals surface area contributed by atoms with Crippen LogP contribution in [0.15, 0.2) is 18.2 Å². The van der Waals surface area contributed by atoms with Gasteiger partial charge in [0.1, 0.15) is 5.75 Å². The van der Waals surface area contributed by atoms with Gasteiger partial charge in [-0.25, -0.2) is 8.42 Å². The average molecular weight is 250 g/mol. The van der Waals surface area contributed by atoms with Gasteiger partial charge >= 0.3 is 29.6 Å². The Bertz CT molecular complexity index is 509. The third kappa shape index (κ3) is 4.38. The van der Waals surface area contributed by atoms with Crippen molar-refractivity contribution in [1.29, 1.82) is 5.26 Å². The van der Waals surface area contributed by atoms with E-state index < -0.39 is 10.3 Å². The van der Waals surface area contributed by atoms with E-state index >= 15 is 0 Å². The number of nitrogens with one attached hydrogen (secondary N) is 1. The van der Waals surface area contributed by atoms with Gasteiger partial charge in [-0.15, -0.1) is 0 Å². The van der Waals surface area contributed by atoms with Crippen molar-refractivity contribution < 1.29 is 47.3 Å². The fourth-order valence-corrected chi connectivity index (χ4v) is 1.42. The minimum atomic E-state index is -4.59. The van der Waals surface area contributed by atoms with Crippen molar-refractivity contribution in [3.05, 3.63) is 23.8 Å². The summed E-state index contributed by atoms with van der Waals surface area (Å²) in [5, 5.41) is 8.58. The van der Waals surface area contributed by atoms with Crippen LogP contribution in [0.4, 0.5) is 5.69 Å². The van der Waals surface area contributed by atoms with E-state index in [2.05, 4.69) is 0 Å².